The number of nitrogens with two attached hydrogens (primary N) is 1. The lowest BCUT2D eigenvalue weighted by Crippen LogP contribution is -2.21. The van der Waals surface area contributed by atoms with Gasteiger partial charge in [-0.25, -0.2) is 4.79 Å². The number of ketones is 1. The fourth-order valence-corrected chi connectivity index (χ4v) is 2.54. The van der Waals surface area contributed by atoms with Crippen molar-refractivity contribution in [2.24, 2.45) is 0 Å². The molecule has 0 aliphatic heterocycles. The van der Waals surface area contributed by atoms with Crippen molar-refractivity contribution in [1.29, 1.82) is 0 Å². The number of nitrogen functional groups attached to an aromatic ring is 1. The van der Waals surface area contributed by atoms with E-state index in [2.05, 4.69) is 5.32 Å². The smallest absolute Gasteiger partial charge is 0.338 e. The molecule has 0 saturated heterocycles. The van der Waals surface area contributed by atoms with Gasteiger partial charge in [-0.3, -0.25) is 19.7 Å². The zero-order valence-corrected chi connectivity index (χ0v) is 15.8. The van der Waals surface area contributed by atoms with Gasteiger partial charge >= 0.3 is 5.97 Å². The van der Waals surface area contributed by atoms with E-state index in [0.717, 1.165) is 24.5 Å². The summed E-state index contributed by atoms with van der Waals surface area (Å²) >= 11 is 0. The van der Waals surface area contributed by atoms with E-state index in [9.17, 15) is 24.5 Å². The van der Waals surface area contributed by atoms with E-state index in [0.29, 0.717) is 12.1 Å². The van der Waals surface area contributed by atoms with Gasteiger partial charge in [0.1, 0.15) is 5.69 Å². The third-order valence-corrected chi connectivity index (χ3v) is 4.09. The molecule has 29 heavy (non-hydrogen) atoms. The highest BCUT2D eigenvalue weighted by molar-refractivity contribution is 5.99. The largest absolute Gasteiger partial charge is 0.454 e. The highest BCUT2D eigenvalue weighted by Gasteiger charge is 2.17. The number of esters is 1. The number of nitro groups is 1. The monoisotopic (exact) mass is 399 g/mol. The summed E-state index contributed by atoms with van der Waals surface area (Å²) in [5, 5.41) is 13.6. The summed E-state index contributed by atoms with van der Waals surface area (Å²) in [7, 11) is 0. The van der Waals surface area contributed by atoms with Crippen LogP contribution in [-0.2, 0) is 16.0 Å². The first kappa shape index (κ1) is 21.5. The predicted octanol–water partition coefficient (Wildman–Crippen LogP) is 2.29. The third-order valence-electron chi connectivity index (χ3n) is 4.09. The molecular formula is C20H21N3O6. The third kappa shape index (κ3) is 6.42. The predicted molar refractivity (Wildman–Crippen MR) is 106 cm³/mol. The lowest BCUT2D eigenvalue weighted by molar-refractivity contribution is -0.383. The molecule has 0 saturated carbocycles. The highest BCUT2D eigenvalue weighted by atomic mass is 16.6. The number of hydrogen-bond donors (Lipinski definition) is 2. The van der Waals surface area contributed by atoms with Crippen LogP contribution in [0.25, 0.3) is 0 Å². The van der Waals surface area contributed by atoms with Crippen LogP contribution in [0.1, 0.15) is 39.6 Å². The fourth-order valence-electron chi connectivity index (χ4n) is 2.54. The molecule has 0 aliphatic carbocycles. The number of nitrogens with one attached hydrogen (secondary N) is 1. The highest BCUT2D eigenvalue weighted by Crippen LogP contribution is 2.22. The van der Waals surface area contributed by atoms with Crippen LogP contribution >= 0.6 is 0 Å². The number of carbonyl (C=O) groups is 3. The number of nitro benzene ring substituents is 1. The molecule has 2 rings (SSSR count). The molecule has 0 radical (unpaired) electrons. The number of hydrogen-bond acceptors (Lipinski definition) is 7. The maximum absolute atomic E-state index is 12.2. The second-order valence-corrected chi connectivity index (χ2v) is 6.31. The van der Waals surface area contributed by atoms with Crippen molar-refractivity contribution in [3.8, 4) is 0 Å². The Hall–Kier alpha value is -3.75. The minimum Gasteiger partial charge on any atom is -0.454 e. The molecule has 0 atom stereocenters. The average molecular weight is 399 g/mol. The number of amides is 1. The van der Waals surface area contributed by atoms with Crippen molar-refractivity contribution in [2.75, 3.05) is 18.9 Å². The van der Waals surface area contributed by atoms with Gasteiger partial charge in [0.2, 0.25) is 5.91 Å². The molecule has 0 heterocycles. The molecule has 3 N–H and O–H groups in total. The van der Waals surface area contributed by atoms with Crippen molar-refractivity contribution >= 4 is 29.0 Å². The van der Waals surface area contributed by atoms with E-state index in [4.69, 9.17) is 10.5 Å². The quantitative estimate of drug-likeness (QED) is 0.164. The van der Waals surface area contributed by atoms with Gasteiger partial charge in [0.25, 0.3) is 5.69 Å². The molecule has 0 unspecified atom stereocenters. The lowest BCUT2D eigenvalue weighted by atomic mass is 10.1. The molecule has 0 aliphatic rings. The summed E-state index contributed by atoms with van der Waals surface area (Å²) in [5.41, 5.74) is 6.34. The summed E-state index contributed by atoms with van der Waals surface area (Å²) in [6.07, 6.45) is 1.53. The zero-order chi connectivity index (χ0) is 21.4. The molecule has 2 aromatic rings. The molecule has 152 valence electrons. The Balaban J connectivity index is 1.88. The Morgan fingerprint density at radius 1 is 1.10 bits per heavy atom. The fraction of sp³-hybridized carbons (Fsp3) is 0.250. The maximum Gasteiger partial charge on any atom is 0.338 e. The van der Waals surface area contributed by atoms with Crippen LogP contribution in [0.4, 0.5) is 11.4 Å². The van der Waals surface area contributed by atoms with Crippen LogP contribution in [0.5, 0.6) is 0 Å². The topological polar surface area (TPSA) is 142 Å². The Morgan fingerprint density at radius 2 is 1.76 bits per heavy atom. The minimum atomic E-state index is -0.851. The number of anilines is 1. The van der Waals surface area contributed by atoms with Crippen LogP contribution in [0.3, 0.4) is 0 Å². The lowest BCUT2D eigenvalue weighted by Gasteiger charge is -2.07. The first-order valence-electron chi connectivity index (χ1n) is 8.85. The number of carbonyl (C=O) groups excluding carboxylic acids is 3. The van der Waals surface area contributed by atoms with Crippen LogP contribution in [0.2, 0.25) is 0 Å². The van der Waals surface area contributed by atoms with Crippen molar-refractivity contribution in [3.05, 3.63) is 69.3 Å². The summed E-state index contributed by atoms with van der Waals surface area (Å²) in [5.74, 6) is -1.32. The van der Waals surface area contributed by atoms with Crippen LogP contribution in [0, 0.1) is 10.1 Å². The molecule has 1 amide bonds. The number of rotatable bonds is 9. The number of nitrogens with zero attached hydrogens (tertiary/aromatic N) is 1. The normalized spacial score (nSPS) is 10.2. The number of benzene rings is 2. The number of ether oxygens (including phenoxy) is 1. The summed E-state index contributed by atoms with van der Waals surface area (Å²) in [6.45, 7) is 1.55. The molecule has 0 bridgehead atoms. The van der Waals surface area contributed by atoms with Crippen molar-refractivity contribution in [1.82, 2.24) is 5.32 Å². The Kier molecular flexibility index (Phi) is 7.41. The molecule has 9 nitrogen and oxygen atoms in total. The van der Waals surface area contributed by atoms with E-state index in [1.165, 1.54) is 19.1 Å². The summed E-state index contributed by atoms with van der Waals surface area (Å²) < 4.78 is 4.96. The van der Waals surface area contributed by atoms with Gasteiger partial charge in [-0.15, -0.1) is 0 Å². The molecule has 9 heteroatoms. The Labute approximate surface area is 167 Å². The summed E-state index contributed by atoms with van der Waals surface area (Å²) in [4.78, 5) is 45.3. The van der Waals surface area contributed by atoms with E-state index in [1.807, 2.05) is 0 Å². The van der Waals surface area contributed by atoms with Gasteiger partial charge in [-0.05, 0) is 30.5 Å². The molecule has 2 aromatic carbocycles. The number of aryl methyl sites for hydroxylation is 1. The first-order chi connectivity index (χ1) is 13.8. The van der Waals surface area contributed by atoms with Crippen molar-refractivity contribution in [3.63, 3.8) is 0 Å². The van der Waals surface area contributed by atoms with Crippen molar-refractivity contribution in [2.45, 2.75) is 19.8 Å². The maximum atomic E-state index is 12.2. The van der Waals surface area contributed by atoms with Gasteiger partial charge in [0.15, 0.2) is 12.4 Å². The molecule has 0 spiro atoms. The SMILES string of the molecule is CC(=O)NCCCc1ccc(C(=O)COC(=O)c2ccc(N)c([N+](=O)[O-])c2)cc1. The van der Waals surface area contributed by atoms with Gasteiger partial charge in [0, 0.05) is 25.1 Å². The van der Waals surface area contributed by atoms with Crippen LogP contribution in [-0.4, -0.2) is 35.7 Å². The van der Waals surface area contributed by atoms with Gasteiger partial charge in [-0.1, -0.05) is 24.3 Å². The number of Topliss-reactive ketones (excluding diaryl/α,β-unsaturated/α-hetero) is 1. The van der Waals surface area contributed by atoms with Gasteiger partial charge in [-0.2, -0.15) is 0 Å². The second kappa shape index (κ2) is 9.98. The second-order valence-electron chi connectivity index (χ2n) is 6.31. The van der Waals surface area contributed by atoms with Gasteiger partial charge < -0.3 is 15.8 Å². The summed E-state index contributed by atoms with van der Waals surface area (Å²) in [6, 6.07) is 10.4. The first-order valence-corrected chi connectivity index (χ1v) is 8.85. The molecular weight excluding hydrogens is 378 g/mol. The van der Waals surface area contributed by atoms with Crippen molar-refractivity contribution < 1.29 is 24.0 Å². The standard InChI is InChI=1S/C20H21N3O6/c1-13(24)22-10-2-3-14-4-6-15(7-5-14)19(25)12-29-20(26)16-8-9-17(21)18(11-16)23(27)28/h4-9,11H,2-3,10,12,21H2,1H3,(H,22,24). The van der Waals surface area contributed by atoms with Gasteiger partial charge in [0.05, 0.1) is 10.5 Å². The van der Waals surface area contributed by atoms with Crippen LogP contribution in [0.15, 0.2) is 42.5 Å². The van der Waals surface area contributed by atoms with E-state index in [-0.39, 0.29) is 17.2 Å². The van der Waals surface area contributed by atoms with Crippen LogP contribution < -0.4 is 11.1 Å². The molecule has 0 fully saturated rings. The van der Waals surface area contributed by atoms with E-state index < -0.39 is 29.0 Å². The Morgan fingerprint density at radius 3 is 2.38 bits per heavy atom. The van der Waals surface area contributed by atoms with E-state index >= 15 is 0 Å². The Bertz CT molecular complexity index is 924. The molecule has 0 aromatic heterocycles. The minimum absolute atomic E-state index is 0.0618. The zero-order valence-electron chi connectivity index (χ0n) is 15.8. The average Bonchev–Trinajstić information content (AvgIpc) is 2.69. The van der Waals surface area contributed by atoms with E-state index in [1.54, 1.807) is 24.3 Å².